The van der Waals surface area contributed by atoms with Gasteiger partial charge in [0, 0.05) is 25.3 Å². The molecule has 5 heteroatoms. The van der Waals surface area contributed by atoms with Crippen LogP contribution in [0.15, 0.2) is 60.7 Å². The zero-order valence-electron chi connectivity index (χ0n) is 19.0. The van der Waals surface area contributed by atoms with Gasteiger partial charge in [0.25, 0.3) is 5.91 Å². The summed E-state index contributed by atoms with van der Waals surface area (Å²) in [5, 5.41) is 3.21. The van der Waals surface area contributed by atoms with Gasteiger partial charge in [-0.3, -0.25) is 9.59 Å². The van der Waals surface area contributed by atoms with E-state index in [9.17, 15) is 9.59 Å². The Morgan fingerprint density at radius 3 is 2.31 bits per heavy atom. The Bertz CT molecular complexity index is 943. The number of ether oxygens (including phenoxy) is 1. The molecule has 1 aliphatic heterocycles. The van der Waals surface area contributed by atoms with Crippen LogP contribution in [0.1, 0.15) is 49.0 Å². The van der Waals surface area contributed by atoms with Crippen LogP contribution in [0.25, 0.3) is 0 Å². The number of rotatable bonds is 9. The van der Waals surface area contributed by atoms with Crippen LogP contribution in [0.4, 0.5) is 0 Å². The van der Waals surface area contributed by atoms with Crippen LogP contribution in [0, 0.1) is 17.8 Å². The summed E-state index contributed by atoms with van der Waals surface area (Å²) >= 11 is 0. The van der Waals surface area contributed by atoms with E-state index in [4.69, 9.17) is 4.74 Å². The third kappa shape index (κ3) is 5.77. The molecule has 2 amide bonds. The minimum Gasteiger partial charge on any atom is -0.369 e. The van der Waals surface area contributed by atoms with Crippen LogP contribution >= 0.6 is 0 Å². The van der Waals surface area contributed by atoms with E-state index in [2.05, 4.69) is 17.2 Å². The zero-order valence-corrected chi connectivity index (χ0v) is 19.0. The summed E-state index contributed by atoms with van der Waals surface area (Å²) in [6, 6.07) is 18.9. The summed E-state index contributed by atoms with van der Waals surface area (Å²) in [7, 11) is 0. The second-order valence-electron chi connectivity index (χ2n) is 8.24. The van der Waals surface area contributed by atoms with Crippen molar-refractivity contribution in [3.8, 4) is 11.8 Å². The van der Waals surface area contributed by atoms with Gasteiger partial charge in [-0.2, -0.15) is 0 Å². The molecule has 0 aromatic heterocycles. The first-order valence-corrected chi connectivity index (χ1v) is 11.3. The molecule has 1 heterocycles. The van der Waals surface area contributed by atoms with Crippen molar-refractivity contribution in [2.75, 3.05) is 26.3 Å². The smallest absolute Gasteiger partial charge is 0.251 e. The maximum Gasteiger partial charge on any atom is 0.251 e. The Morgan fingerprint density at radius 1 is 1.06 bits per heavy atom. The Labute approximate surface area is 191 Å². The van der Waals surface area contributed by atoms with E-state index in [0.29, 0.717) is 25.2 Å². The molecule has 1 saturated heterocycles. The monoisotopic (exact) mass is 432 g/mol. The molecule has 0 radical (unpaired) electrons. The molecule has 2 aromatic rings. The fourth-order valence-corrected chi connectivity index (χ4v) is 4.26. The van der Waals surface area contributed by atoms with Crippen LogP contribution in [-0.4, -0.2) is 43.0 Å². The number of hydrogen-bond acceptors (Lipinski definition) is 3. The van der Waals surface area contributed by atoms with Gasteiger partial charge in [0.15, 0.2) is 0 Å². The van der Waals surface area contributed by atoms with Gasteiger partial charge in [-0.1, -0.05) is 54.5 Å². The van der Waals surface area contributed by atoms with Crippen molar-refractivity contribution in [3.63, 3.8) is 0 Å². The molecule has 2 aromatic carbocycles. The number of hydrogen-bond donors (Lipinski definition) is 1. The van der Waals surface area contributed by atoms with Gasteiger partial charge in [0.05, 0.1) is 11.5 Å². The third-order valence-electron chi connectivity index (χ3n) is 6.10. The van der Waals surface area contributed by atoms with Gasteiger partial charge < -0.3 is 15.0 Å². The molecule has 0 aliphatic carbocycles. The summed E-state index contributed by atoms with van der Waals surface area (Å²) in [5.41, 5.74) is 0.569. The lowest BCUT2D eigenvalue weighted by atomic mass is 9.76. The number of likely N-dealkylation sites (tertiary alicyclic amines) is 1. The standard InChI is InChI=1S/C27H32N2O3/c1-3-4-20-32-21-17-24(26(31)29-18-11-12-19-29)27(2,23-15-9-6-10-16-23)28-25(30)22-13-7-5-8-14-22/h5-10,13-16,24H,11-12,17-21H2,1-2H3,(H,28,30)/t24-,27-/m1/s1. The molecule has 0 bridgehead atoms. The number of carbonyl (C=O) groups is 2. The highest BCUT2D eigenvalue weighted by Gasteiger charge is 2.43. The number of benzene rings is 2. The fraction of sp³-hybridized carbons (Fsp3) is 0.407. The van der Waals surface area contributed by atoms with E-state index in [-0.39, 0.29) is 11.8 Å². The van der Waals surface area contributed by atoms with Crippen LogP contribution in [0.2, 0.25) is 0 Å². The first-order valence-electron chi connectivity index (χ1n) is 11.3. The Hall–Kier alpha value is -3.10. The highest BCUT2D eigenvalue weighted by Crippen LogP contribution is 2.34. The van der Waals surface area contributed by atoms with Crippen molar-refractivity contribution < 1.29 is 14.3 Å². The minimum absolute atomic E-state index is 0.0624. The number of carbonyl (C=O) groups excluding carboxylic acids is 2. The maximum absolute atomic E-state index is 13.7. The Morgan fingerprint density at radius 2 is 1.69 bits per heavy atom. The van der Waals surface area contributed by atoms with Crippen molar-refractivity contribution in [2.24, 2.45) is 5.92 Å². The van der Waals surface area contributed by atoms with Gasteiger partial charge in [-0.15, -0.1) is 5.92 Å². The molecule has 2 atom stereocenters. The molecular weight excluding hydrogens is 400 g/mol. The first-order chi connectivity index (χ1) is 15.6. The topological polar surface area (TPSA) is 58.6 Å². The number of nitrogens with one attached hydrogen (secondary N) is 1. The largest absolute Gasteiger partial charge is 0.369 e. The molecule has 3 rings (SSSR count). The normalized spacial score (nSPS) is 15.9. The first kappa shape index (κ1) is 23.6. The highest BCUT2D eigenvalue weighted by atomic mass is 16.5. The predicted molar refractivity (Wildman–Crippen MR) is 126 cm³/mol. The summed E-state index contributed by atoms with van der Waals surface area (Å²) in [5.74, 6) is 5.10. The van der Waals surface area contributed by atoms with Crippen LogP contribution in [-0.2, 0) is 15.1 Å². The second-order valence-corrected chi connectivity index (χ2v) is 8.24. The summed E-state index contributed by atoms with van der Waals surface area (Å²) in [6.45, 7) is 5.97. The molecule has 0 spiro atoms. The molecule has 1 N–H and O–H groups in total. The molecule has 5 nitrogen and oxygen atoms in total. The van der Waals surface area contributed by atoms with E-state index < -0.39 is 11.5 Å². The van der Waals surface area contributed by atoms with Crippen molar-refractivity contribution in [2.45, 2.75) is 38.6 Å². The third-order valence-corrected chi connectivity index (χ3v) is 6.10. The Kier molecular flexibility index (Phi) is 8.47. The van der Waals surface area contributed by atoms with Crippen molar-refractivity contribution >= 4 is 11.8 Å². The van der Waals surface area contributed by atoms with E-state index >= 15 is 0 Å². The predicted octanol–water partition coefficient (Wildman–Crippen LogP) is 4.00. The van der Waals surface area contributed by atoms with Crippen molar-refractivity contribution in [3.05, 3.63) is 71.8 Å². The fourth-order valence-electron chi connectivity index (χ4n) is 4.26. The summed E-state index contributed by atoms with van der Waals surface area (Å²) < 4.78 is 5.68. The number of amides is 2. The molecule has 32 heavy (non-hydrogen) atoms. The van der Waals surface area contributed by atoms with E-state index in [1.165, 1.54) is 0 Å². The lowest BCUT2D eigenvalue weighted by Gasteiger charge is -2.40. The van der Waals surface area contributed by atoms with Crippen LogP contribution in [0.3, 0.4) is 0 Å². The average molecular weight is 433 g/mol. The van der Waals surface area contributed by atoms with Crippen LogP contribution < -0.4 is 5.32 Å². The Balaban J connectivity index is 1.94. The summed E-state index contributed by atoms with van der Waals surface area (Å²) in [6.07, 6.45) is 2.51. The van der Waals surface area contributed by atoms with Gasteiger partial charge in [-0.25, -0.2) is 0 Å². The second kappa shape index (κ2) is 11.5. The minimum atomic E-state index is -0.895. The highest BCUT2D eigenvalue weighted by molar-refractivity contribution is 5.95. The SMILES string of the molecule is CC#CCOCC[C@H](C(=O)N1CCCC1)[C@](C)(NC(=O)c1ccccc1)c1ccccc1. The van der Waals surface area contributed by atoms with E-state index in [1.54, 1.807) is 19.1 Å². The van der Waals surface area contributed by atoms with E-state index in [1.807, 2.05) is 60.4 Å². The van der Waals surface area contributed by atoms with Gasteiger partial charge in [0.2, 0.25) is 5.91 Å². The lowest BCUT2D eigenvalue weighted by Crippen LogP contribution is -2.54. The quantitative estimate of drug-likeness (QED) is 0.481. The van der Waals surface area contributed by atoms with Crippen molar-refractivity contribution in [1.29, 1.82) is 0 Å². The summed E-state index contributed by atoms with van der Waals surface area (Å²) in [4.78, 5) is 28.8. The number of nitrogens with zero attached hydrogens (tertiary/aromatic N) is 1. The zero-order chi connectivity index (χ0) is 22.8. The molecule has 1 aliphatic rings. The molecule has 0 saturated carbocycles. The lowest BCUT2D eigenvalue weighted by molar-refractivity contribution is -0.138. The van der Waals surface area contributed by atoms with Crippen LogP contribution in [0.5, 0.6) is 0 Å². The maximum atomic E-state index is 13.7. The molecule has 168 valence electrons. The average Bonchev–Trinajstić information content (AvgIpc) is 3.37. The molecular formula is C27H32N2O3. The van der Waals surface area contributed by atoms with Crippen molar-refractivity contribution in [1.82, 2.24) is 10.2 Å². The molecule has 1 fully saturated rings. The van der Waals surface area contributed by atoms with Gasteiger partial charge in [0.1, 0.15) is 6.61 Å². The molecule has 0 unspecified atom stereocenters. The van der Waals surface area contributed by atoms with Gasteiger partial charge in [-0.05, 0) is 50.8 Å². The van der Waals surface area contributed by atoms with E-state index in [0.717, 1.165) is 31.5 Å². The van der Waals surface area contributed by atoms with Gasteiger partial charge >= 0.3 is 0 Å².